The Morgan fingerprint density at radius 2 is 2.39 bits per heavy atom. The summed E-state index contributed by atoms with van der Waals surface area (Å²) in [6.45, 7) is 3.10. The molecule has 96 valence electrons. The van der Waals surface area contributed by atoms with Crippen molar-refractivity contribution in [2.24, 2.45) is 0 Å². The van der Waals surface area contributed by atoms with Gasteiger partial charge in [0, 0.05) is 25.8 Å². The predicted molar refractivity (Wildman–Crippen MR) is 65.2 cm³/mol. The number of nitrogens with zero attached hydrogens (tertiary/aromatic N) is 4. The Morgan fingerprint density at radius 3 is 2.89 bits per heavy atom. The molecule has 0 radical (unpaired) electrons. The Labute approximate surface area is 104 Å². The third kappa shape index (κ3) is 3.15. The number of nitriles is 1. The van der Waals surface area contributed by atoms with Crippen LogP contribution in [-0.2, 0) is 0 Å². The minimum atomic E-state index is -0.582. The lowest BCUT2D eigenvalue weighted by atomic mass is 10.2. The molecule has 1 aromatic rings. The second-order valence-electron chi connectivity index (χ2n) is 3.59. The summed E-state index contributed by atoms with van der Waals surface area (Å²) < 4.78 is 0. The first-order chi connectivity index (χ1) is 8.63. The van der Waals surface area contributed by atoms with Crippen molar-refractivity contribution in [2.45, 2.75) is 13.3 Å². The number of pyridine rings is 1. The van der Waals surface area contributed by atoms with Crippen molar-refractivity contribution >= 4 is 11.5 Å². The molecule has 0 unspecified atom stereocenters. The van der Waals surface area contributed by atoms with Gasteiger partial charge in [-0.2, -0.15) is 5.26 Å². The van der Waals surface area contributed by atoms with Crippen molar-refractivity contribution in [1.82, 2.24) is 4.98 Å². The van der Waals surface area contributed by atoms with E-state index in [1.807, 2.05) is 13.0 Å². The Kier molecular flexibility index (Phi) is 5.02. The first kappa shape index (κ1) is 13.9. The number of aliphatic hydroxyl groups excluding tert-OH is 1. The first-order valence-electron chi connectivity index (χ1n) is 5.54. The van der Waals surface area contributed by atoms with Crippen LogP contribution in [0.25, 0.3) is 0 Å². The number of hydrogen-bond acceptors (Lipinski definition) is 6. The molecule has 7 nitrogen and oxygen atoms in total. The topological polar surface area (TPSA) is 103 Å². The molecule has 18 heavy (non-hydrogen) atoms. The molecule has 0 aliphatic carbocycles. The minimum Gasteiger partial charge on any atom is -0.396 e. The maximum Gasteiger partial charge on any atom is 0.289 e. The highest BCUT2D eigenvalue weighted by Crippen LogP contribution is 2.21. The number of rotatable bonds is 6. The molecule has 1 N–H and O–H groups in total. The normalized spacial score (nSPS) is 9.83. The highest BCUT2D eigenvalue weighted by atomic mass is 16.6. The average molecular weight is 250 g/mol. The van der Waals surface area contributed by atoms with Crippen LogP contribution in [0.2, 0.25) is 0 Å². The van der Waals surface area contributed by atoms with E-state index in [-0.39, 0.29) is 17.9 Å². The molecule has 0 bridgehead atoms. The number of aromatic nitrogens is 1. The van der Waals surface area contributed by atoms with Gasteiger partial charge in [-0.05, 0) is 13.3 Å². The molecule has 7 heteroatoms. The van der Waals surface area contributed by atoms with Gasteiger partial charge in [0.25, 0.3) is 5.69 Å². The van der Waals surface area contributed by atoms with Gasteiger partial charge in [-0.3, -0.25) is 10.1 Å². The van der Waals surface area contributed by atoms with Gasteiger partial charge >= 0.3 is 0 Å². The van der Waals surface area contributed by atoms with Crippen LogP contribution in [0.15, 0.2) is 12.3 Å². The van der Waals surface area contributed by atoms with Gasteiger partial charge in [-0.25, -0.2) is 4.98 Å². The summed E-state index contributed by atoms with van der Waals surface area (Å²) in [6.07, 6.45) is 1.69. The smallest absolute Gasteiger partial charge is 0.289 e. The van der Waals surface area contributed by atoms with Crippen molar-refractivity contribution in [3.63, 3.8) is 0 Å². The summed E-state index contributed by atoms with van der Waals surface area (Å²) >= 11 is 0. The Morgan fingerprint density at radius 1 is 1.67 bits per heavy atom. The van der Waals surface area contributed by atoms with E-state index in [1.165, 1.54) is 6.07 Å². The van der Waals surface area contributed by atoms with Crippen LogP contribution in [0.1, 0.15) is 18.9 Å². The van der Waals surface area contributed by atoms with E-state index in [9.17, 15) is 10.1 Å². The van der Waals surface area contributed by atoms with Crippen LogP contribution >= 0.6 is 0 Å². The second-order valence-corrected chi connectivity index (χ2v) is 3.59. The monoisotopic (exact) mass is 250 g/mol. The van der Waals surface area contributed by atoms with Crippen molar-refractivity contribution < 1.29 is 10.0 Å². The molecule has 0 saturated carbocycles. The molecule has 1 rings (SSSR count). The molecule has 0 aliphatic rings. The standard InChI is InChI=1S/C11H14N4O3/c1-2-14(4-3-5-16)11-9(7-12)6-10(8-13-11)15(17)18/h6,8,16H,2-5H2,1H3. The maximum absolute atomic E-state index is 10.6. The molecule has 0 saturated heterocycles. The van der Waals surface area contributed by atoms with Gasteiger partial charge in [-0.15, -0.1) is 0 Å². The Bertz CT molecular complexity index is 470. The third-order valence-corrected chi connectivity index (χ3v) is 2.45. The molecule has 0 amide bonds. The minimum absolute atomic E-state index is 0.0470. The van der Waals surface area contributed by atoms with Crippen molar-refractivity contribution in [1.29, 1.82) is 5.26 Å². The van der Waals surface area contributed by atoms with Crippen LogP contribution in [0.4, 0.5) is 11.5 Å². The lowest BCUT2D eigenvalue weighted by Crippen LogP contribution is -2.26. The van der Waals surface area contributed by atoms with Gasteiger partial charge in [0.1, 0.15) is 23.6 Å². The number of hydrogen-bond donors (Lipinski definition) is 1. The van der Waals surface area contributed by atoms with Crippen LogP contribution in [-0.4, -0.2) is 34.7 Å². The molecule has 0 aliphatic heterocycles. The van der Waals surface area contributed by atoms with E-state index in [1.54, 1.807) is 4.90 Å². The first-order valence-corrected chi connectivity index (χ1v) is 5.54. The number of anilines is 1. The molecule has 1 heterocycles. The average Bonchev–Trinajstić information content (AvgIpc) is 2.39. The predicted octanol–water partition coefficient (Wildman–Crippen LogP) is 1.07. The summed E-state index contributed by atoms with van der Waals surface area (Å²) in [7, 11) is 0. The fraction of sp³-hybridized carbons (Fsp3) is 0.455. The summed E-state index contributed by atoms with van der Waals surface area (Å²) in [6, 6.07) is 3.12. The lowest BCUT2D eigenvalue weighted by molar-refractivity contribution is -0.385. The third-order valence-electron chi connectivity index (χ3n) is 2.45. The van der Waals surface area contributed by atoms with E-state index in [0.717, 1.165) is 6.20 Å². The zero-order valence-electron chi connectivity index (χ0n) is 10.0. The summed E-state index contributed by atoms with van der Waals surface area (Å²) in [5.41, 5.74) is -0.0301. The zero-order valence-corrected chi connectivity index (χ0v) is 10.0. The molecular weight excluding hydrogens is 236 g/mol. The zero-order chi connectivity index (χ0) is 13.5. The summed E-state index contributed by atoms with van der Waals surface area (Å²) in [5, 5.41) is 28.4. The molecule has 0 aromatic carbocycles. The van der Waals surface area contributed by atoms with Gasteiger partial charge in [0.15, 0.2) is 0 Å². The van der Waals surface area contributed by atoms with Crippen LogP contribution in [0.3, 0.4) is 0 Å². The molecule has 0 fully saturated rings. The molecule has 0 spiro atoms. The van der Waals surface area contributed by atoms with Crippen molar-refractivity contribution in [3.05, 3.63) is 27.9 Å². The van der Waals surface area contributed by atoms with E-state index < -0.39 is 4.92 Å². The fourth-order valence-corrected chi connectivity index (χ4v) is 1.56. The largest absolute Gasteiger partial charge is 0.396 e. The molecule has 0 atom stereocenters. The highest BCUT2D eigenvalue weighted by molar-refractivity contribution is 5.57. The van der Waals surface area contributed by atoms with Crippen molar-refractivity contribution in [2.75, 3.05) is 24.6 Å². The van der Waals surface area contributed by atoms with Gasteiger partial charge in [0.05, 0.1) is 4.92 Å². The molecular formula is C11H14N4O3. The van der Waals surface area contributed by atoms with E-state index in [4.69, 9.17) is 10.4 Å². The number of nitro groups is 1. The lowest BCUT2D eigenvalue weighted by Gasteiger charge is -2.22. The van der Waals surface area contributed by atoms with Gasteiger partial charge < -0.3 is 10.0 Å². The van der Waals surface area contributed by atoms with Crippen LogP contribution < -0.4 is 4.90 Å². The van der Waals surface area contributed by atoms with Crippen LogP contribution in [0, 0.1) is 21.4 Å². The number of aliphatic hydroxyl groups is 1. The second kappa shape index (κ2) is 6.51. The van der Waals surface area contributed by atoms with E-state index in [0.29, 0.717) is 25.3 Å². The highest BCUT2D eigenvalue weighted by Gasteiger charge is 2.16. The Hall–Kier alpha value is -2.20. The fourth-order valence-electron chi connectivity index (χ4n) is 1.56. The SMILES string of the molecule is CCN(CCCO)c1ncc([N+](=O)[O-])cc1C#N. The molecule has 1 aromatic heterocycles. The summed E-state index contributed by atoms with van der Waals surface area (Å²) in [4.78, 5) is 15.8. The van der Waals surface area contributed by atoms with Crippen LogP contribution in [0.5, 0.6) is 0 Å². The van der Waals surface area contributed by atoms with Crippen molar-refractivity contribution in [3.8, 4) is 6.07 Å². The maximum atomic E-state index is 10.6. The van der Waals surface area contributed by atoms with Gasteiger partial charge in [0.2, 0.25) is 0 Å². The van der Waals surface area contributed by atoms with Gasteiger partial charge in [-0.1, -0.05) is 0 Å². The quantitative estimate of drug-likeness (QED) is 0.598. The van der Waals surface area contributed by atoms with E-state index in [2.05, 4.69) is 4.98 Å². The Balaban J connectivity index is 3.07. The summed E-state index contributed by atoms with van der Waals surface area (Å²) in [5.74, 6) is 0.416. The van der Waals surface area contributed by atoms with E-state index >= 15 is 0 Å².